The van der Waals surface area contributed by atoms with E-state index in [0.717, 1.165) is 76.5 Å². The SMILES string of the molecule is Cc1cc(C)c(C(=O)N2CCN(c3ccccc3C#N)CC2)cc1CN1CCN(c2ccc(-c3ccc(N4CCN(C(=O)c5cc(CN6CCN(c7nccnc7C#N)CC6)c(C)cc5C)CC4)c(C#N)c3)cc2S(C)(=O)=O)CC1. The fourth-order valence-electron chi connectivity index (χ4n) is 11.8. The number of nitriles is 3. The first kappa shape index (κ1) is 55.0. The number of sulfone groups is 1. The number of aromatic nitrogens is 2. The maximum Gasteiger partial charge on any atom is 0.254 e. The van der Waals surface area contributed by atoms with E-state index in [4.69, 9.17) is 0 Å². The standard InChI is InChI=1S/C62H67N13O4S/c1-43-32-45(3)53(61(76)74-28-24-70(25-29-74)56-9-7-6-8-49(56)38-63)35-51(43)41-68-16-20-72(21-17-68)58-13-11-48(37-59(58)80(5,78)79)47-10-12-57(50(34-47)39-64)71-26-30-75(31-27-71)62(77)54-36-52(44(2)33-46(54)4)42-69-18-22-73(23-19-69)60-55(40-65)66-14-15-67-60/h6-15,32-37H,16-31,41-42H2,1-5H3. The van der Waals surface area contributed by atoms with Crippen molar-refractivity contribution in [3.8, 4) is 29.3 Å². The van der Waals surface area contributed by atoms with Crippen LogP contribution in [-0.4, -0.2) is 161 Å². The van der Waals surface area contributed by atoms with Gasteiger partial charge in [0.05, 0.1) is 33.1 Å². The number of nitrogens with zero attached hydrogens (tertiary/aromatic N) is 13. The van der Waals surface area contributed by atoms with Crippen LogP contribution in [0, 0.1) is 61.7 Å². The van der Waals surface area contributed by atoms with Crippen LogP contribution in [0.4, 0.5) is 22.9 Å². The van der Waals surface area contributed by atoms with Gasteiger partial charge in [-0.3, -0.25) is 19.4 Å². The molecule has 0 spiro atoms. The van der Waals surface area contributed by atoms with Crippen LogP contribution < -0.4 is 19.6 Å². The normalized spacial score (nSPS) is 16.5. The molecule has 10 rings (SSSR count). The van der Waals surface area contributed by atoms with E-state index >= 15 is 0 Å². The van der Waals surface area contributed by atoms with Crippen molar-refractivity contribution < 1.29 is 18.0 Å². The number of hydrogen-bond acceptors (Lipinski definition) is 15. The van der Waals surface area contributed by atoms with Crippen molar-refractivity contribution in [1.82, 2.24) is 29.6 Å². The summed E-state index contributed by atoms with van der Waals surface area (Å²) in [5.74, 6) is 0.626. The maximum atomic E-state index is 14.2. The topological polar surface area (TPSA) is 191 Å². The number of para-hydroxylation sites is 1. The average molecular weight is 1090 g/mol. The highest BCUT2D eigenvalue weighted by Crippen LogP contribution is 2.35. The molecule has 0 unspecified atom stereocenters. The molecule has 0 bridgehead atoms. The van der Waals surface area contributed by atoms with Crippen LogP contribution in [0.3, 0.4) is 0 Å². The zero-order valence-corrected chi connectivity index (χ0v) is 47.1. The predicted octanol–water partition coefficient (Wildman–Crippen LogP) is 6.97. The zero-order valence-electron chi connectivity index (χ0n) is 46.3. The number of aryl methyl sites for hydroxylation is 4. The molecular formula is C62H67N13O4S. The van der Waals surface area contributed by atoms with Gasteiger partial charge in [0.15, 0.2) is 21.3 Å². The first-order valence-electron chi connectivity index (χ1n) is 27.4. The Bertz CT molecular complexity index is 3590. The Balaban J connectivity index is 0.748. The van der Waals surface area contributed by atoms with Gasteiger partial charge in [0.1, 0.15) is 18.2 Å². The molecule has 18 heteroatoms. The number of amides is 2. The fraction of sp³-hybridized carbons (Fsp3) is 0.371. The molecule has 5 aromatic carbocycles. The van der Waals surface area contributed by atoms with Gasteiger partial charge in [0.2, 0.25) is 0 Å². The lowest BCUT2D eigenvalue weighted by atomic mass is 9.98. The van der Waals surface area contributed by atoms with Crippen molar-refractivity contribution in [1.29, 1.82) is 15.8 Å². The van der Waals surface area contributed by atoms with E-state index in [1.54, 1.807) is 12.3 Å². The van der Waals surface area contributed by atoms with Crippen molar-refractivity contribution in [2.75, 3.05) is 131 Å². The molecule has 4 saturated heterocycles. The molecule has 0 aliphatic carbocycles. The van der Waals surface area contributed by atoms with E-state index in [2.05, 4.69) is 95.7 Å². The lowest BCUT2D eigenvalue weighted by molar-refractivity contribution is 0.0738. The minimum atomic E-state index is -3.66. The highest BCUT2D eigenvalue weighted by Gasteiger charge is 2.30. The van der Waals surface area contributed by atoms with Crippen molar-refractivity contribution in [3.63, 3.8) is 0 Å². The quantitative estimate of drug-likeness (QED) is 0.122. The Hall–Kier alpha value is -8.34. The van der Waals surface area contributed by atoms with Crippen LogP contribution in [0.25, 0.3) is 11.1 Å². The fourth-order valence-corrected chi connectivity index (χ4v) is 12.7. The van der Waals surface area contributed by atoms with Gasteiger partial charge in [-0.15, -0.1) is 0 Å². The van der Waals surface area contributed by atoms with Gasteiger partial charge in [-0.05, 0) is 121 Å². The third kappa shape index (κ3) is 11.7. The third-order valence-corrected chi connectivity index (χ3v) is 17.6. The Kier molecular flexibility index (Phi) is 16.2. The first-order chi connectivity index (χ1) is 38.6. The summed E-state index contributed by atoms with van der Waals surface area (Å²) >= 11 is 0. The molecule has 4 aliphatic rings. The van der Waals surface area contributed by atoms with E-state index in [1.165, 1.54) is 12.5 Å². The molecule has 410 valence electrons. The zero-order chi connectivity index (χ0) is 56.2. The molecule has 80 heavy (non-hydrogen) atoms. The molecular weight excluding hydrogens is 1020 g/mol. The second kappa shape index (κ2) is 23.6. The van der Waals surface area contributed by atoms with Gasteiger partial charge in [-0.25, -0.2) is 18.4 Å². The molecule has 17 nitrogen and oxygen atoms in total. The summed E-state index contributed by atoms with van der Waals surface area (Å²) in [6.45, 7) is 19.7. The molecule has 0 saturated carbocycles. The van der Waals surface area contributed by atoms with Crippen LogP contribution in [0.2, 0.25) is 0 Å². The molecule has 6 aromatic rings. The largest absolute Gasteiger partial charge is 0.368 e. The van der Waals surface area contributed by atoms with Gasteiger partial charge < -0.3 is 29.4 Å². The average Bonchev–Trinajstić information content (AvgIpc) is 3.52. The van der Waals surface area contributed by atoms with Crippen LogP contribution in [0.5, 0.6) is 0 Å². The highest BCUT2D eigenvalue weighted by molar-refractivity contribution is 7.90. The number of anilines is 4. The van der Waals surface area contributed by atoms with Crippen molar-refractivity contribution in [2.45, 2.75) is 45.7 Å². The summed E-state index contributed by atoms with van der Waals surface area (Å²) in [5, 5.41) is 29.6. The second-order valence-electron chi connectivity index (χ2n) is 21.5. The Morgan fingerprint density at radius 3 is 1.45 bits per heavy atom. The van der Waals surface area contributed by atoms with E-state index in [1.807, 2.05) is 78.2 Å². The van der Waals surface area contributed by atoms with Gasteiger partial charge in [0.25, 0.3) is 11.8 Å². The second-order valence-corrected chi connectivity index (χ2v) is 23.5. The van der Waals surface area contributed by atoms with Crippen LogP contribution in [0.1, 0.15) is 70.9 Å². The van der Waals surface area contributed by atoms with Gasteiger partial charge >= 0.3 is 0 Å². The minimum absolute atomic E-state index is 0.00738. The molecule has 0 radical (unpaired) electrons. The molecule has 0 N–H and O–H groups in total. The minimum Gasteiger partial charge on any atom is -0.368 e. The summed E-state index contributed by atoms with van der Waals surface area (Å²) in [5.41, 5.74) is 12.9. The Morgan fingerprint density at radius 1 is 0.487 bits per heavy atom. The molecule has 4 fully saturated rings. The van der Waals surface area contributed by atoms with Crippen molar-refractivity contribution >= 4 is 44.5 Å². The van der Waals surface area contributed by atoms with Gasteiger partial charge in [-0.1, -0.05) is 36.4 Å². The van der Waals surface area contributed by atoms with Crippen molar-refractivity contribution in [3.05, 3.63) is 159 Å². The lowest BCUT2D eigenvalue weighted by Gasteiger charge is -2.37. The molecule has 2 amide bonds. The van der Waals surface area contributed by atoms with Gasteiger partial charge in [0, 0.05) is 148 Å². The van der Waals surface area contributed by atoms with E-state index in [-0.39, 0.29) is 16.7 Å². The van der Waals surface area contributed by atoms with Crippen molar-refractivity contribution in [2.24, 2.45) is 0 Å². The molecule has 1 aromatic heterocycles. The summed E-state index contributed by atoms with van der Waals surface area (Å²) in [7, 11) is -3.66. The highest BCUT2D eigenvalue weighted by atomic mass is 32.2. The van der Waals surface area contributed by atoms with E-state index in [9.17, 15) is 33.8 Å². The predicted molar refractivity (Wildman–Crippen MR) is 311 cm³/mol. The van der Waals surface area contributed by atoms with Gasteiger partial charge in [-0.2, -0.15) is 15.8 Å². The van der Waals surface area contributed by atoms with E-state index in [0.29, 0.717) is 137 Å². The number of benzene rings is 5. The lowest BCUT2D eigenvalue weighted by Crippen LogP contribution is -2.49. The molecule has 0 atom stereocenters. The number of hydrogen-bond donors (Lipinski definition) is 0. The monoisotopic (exact) mass is 1090 g/mol. The summed E-state index contributed by atoms with van der Waals surface area (Å²) in [4.78, 5) is 54.1. The number of rotatable bonds is 12. The summed E-state index contributed by atoms with van der Waals surface area (Å²) in [6, 6.07) is 34.0. The molecule has 4 aliphatic heterocycles. The molecule has 5 heterocycles. The number of carbonyl (C=O) groups excluding carboxylic acids is 2. The number of piperazine rings is 4. The third-order valence-electron chi connectivity index (χ3n) is 16.4. The maximum absolute atomic E-state index is 14.2. The van der Waals surface area contributed by atoms with Crippen LogP contribution in [-0.2, 0) is 22.9 Å². The smallest absolute Gasteiger partial charge is 0.254 e. The first-order valence-corrected chi connectivity index (χ1v) is 29.3. The Morgan fingerprint density at radius 2 is 0.938 bits per heavy atom. The Labute approximate surface area is 470 Å². The van der Waals surface area contributed by atoms with E-state index < -0.39 is 9.84 Å². The summed E-state index contributed by atoms with van der Waals surface area (Å²) in [6.07, 6.45) is 4.39. The van der Waals surface area contributed by atoms with Crippen LogP contribution >= 0.6 is 0 Å². The number of carbonyl (C=O) groups is 2. The van der Waals surface area contributed by atoms with Crippen LogP contribution in [0.15, 0.2) is 102 Å². The summed E-state index contributed by atoms with van der Waals surface area (Å²) < 4.78 is 27.0.